The first-order valence-electron chi connectivity index (χ1n) is 5.48. The zero-order valence-electron chi connectivity index (χ0n) is 9.25. The number of ether oxygens (including phenoxy) is 1. The Labute approximate surface area is 82.3 Å². The van der Waals surface area contributed by atoms with E-state index < -0.39 is 0 Å². The van der Waals surface area contributed by atoms with E-state index in [0.717, 1.165) is 12.5 Å². The van der Waals surface area contributed by atoms with E-state index in [4.69, 9.17) is 4.74 Å². The van der Waals surface area contributed by atoms with Crippen LogP contribution in [0.15, 0.2) is 0 Å². The summed E-state index contributed by atoms with van der Waals surface area (Å²) in [6, 6.07) is 0. The number of rotatable bonds is 5. The average molecular weight is 185 g/mol. The smallest absolute Gasteiger partial charge is 0.0518 e. The number of hydrogen-bond donors (Lipinski definition) is 0. The summed E-state index contributed by atoms with van der Waals surface area (Å²) < 4.78 is 5.51. The van der Waals surface area contributed by atoms with Gasteiger partial charge in [0, 0.05) is 13.2 Å². The summed E-state index contributed by atoms with van der Waals surface area (Å²) in [5, 5.41) is 0. The molecule has 0 aliphatic carbocycles. The molecule has 0 bridgehead atoms. The predicted octanol–water partition coefficient (Wildman–Crippen LogP) is 2.14. The van der Waals surface area contributed by atoms with Gasteiger partial charge in [-0.15, -0.1) is 0 Å². The first-order chi connectivity index (χ1) is 6.18. The average Bonchev–Trinajstić information content (AvgIpc) is 2.45. The van der Waals surface area contributed by atoms with Crippen LogP contribution in [0.25, 0.3) is 0 Å². The molecule has 1 unspecified atom stereocenters. The lowest BCUT2D eigenvalue weighted by atomic mass is 10.0. The van der Waals surface area contributed by atoms with Gasteiger partial charge in [0.15, 0.2) is 0 Å². The molecule has 0 spiro atoms. The molecule has 2 heteroatoms. The third-order valence-corrected chi connectivity index (χ3v) is 2.70. The fraction of sp³-hybridized carbons (Fsp3) is 1.00. The molecule has 0 aromatic carbocycles. The Morgan fingerprint density at radius 2 is 2.23 bits per heavy atom. The number of likely N-dealkylation sites (tertiary alicyclic amines) is 1. The highest BCUT2D eigenvalue weighted by atomic mass is 16.5. The normalized spacial score (nSPS) is 24.5. The van der Waals surface area contributed by atoms with Crippen molar-refractivity contribution in [2.45, 2.75) is 39.2 Å². The summed E-state index contributed by atoms with van der Waals surface area (Å²) in [4.78, 5) is 2.42. The second kappa shape index (κ2) is 5.61. The van der Waals surface area contributed by atoms with E-state index in [0.29, 0.717) is 6.10 Å². The molecule has 78 valence electrons. The van der Waals surface area contributed by atoms with E-state index in [1.807, 2.05) is 0 Å². The monoisotopic (exact) mass is 185 g/mol. The standard InChI is InChI=1S/C11H23NO/c1-10(2)13-8-4-5-11-6-7-12(3)9-11/h10-11H,4-9H2,1-3H3. The van der Waals surface area contributed by atoms with Crippen molar-refractivity contribution in [1.82, 2.24) is 4.90 Å². The van der Waals surface area contributed by atoms with E-state index in [1.165, 1.54) is 32.4 Å². The van der Waals surface area contributed by atoms with Crippen LogP contribution in [0.2, 0.25) is 0 Å². The molecule has 0 aromatic rings. The van der Waals surface area contributed by atoms with Crippen LogP contribution >= 0.6 is 0 Å². The third-order valence-electron chi connectivity index (χ3n) is 2.70. The zero-order valence-corrected chi connectivity index (χ0v) is 9.25. The molecule has 0 amide bonds. The summed E-state index contributed by atoms with van der Waals surface area (Å²) in [6.07, 6.45) is 4.36. The Morgan fingerprint density at radius 3 is 2.77 bits per heavy atom. The first kappa shape index (κ1) is 11.0. The molecule has 1 aliphatic rings. The quantitative estimate of drug-likeness (QED) is 0.608. The first-order valence-corrected chi connectivity index (χ1v) is 5.48. The Kier molecular flexibility index (Phi) is 4.74. The van der Waals surface area contributed by atoms with Crippen LogP contribution in [0.3, 0.4) is 0 Å². The van der Waals surface area contributed by atoms with E-state index in [9.17, 15) is 0 Å². The number of nitrogens with zero attached hydrogens (tertiary/aromatic N) is 1. The van der Waals surface area contributed by atoms with E-state index in [2.05, 4.69) is 25.8 Å². The minimum atomic E-state index is 0.395. The maximum Gasteiger partial charge on any atom is 0.0518 e. The van der Waals surface area contributed by atoms with Crippen molar-refractivity contribution in [3.8, 4) is 0 Å². The van der Waals surface area contributed by atoms with Crippen LogP contribution < -0.4 is 0 Å². The summed E-state index contributed by atoms with van der Waals surface area (Å²) in [6.45, 7) is 7.72. The maximum absolute atomic E-state index is 5.51. The largest absolute Gasteiger partial charge is 0.379 e. The minimum absolute atomic E-state index is 0.395. The predicted molar refractivity (Wildman–Crippen MR) is 55.9 cm³/mol. The topological polar surface area (TPSA) is 12.5 Å². The summed E-state index contributed by atoms with van der Waals surface area (Å²) in [5.41, 5.74) is 0. The lowest BCUT2D eigenvalue weighted by Gasteiger charge is -2.11. The second-order valence-corrected chi connectivity index (χ2v) is 4.48. The van der Waals surface area contributed by atoms with Gasteiger partial charge in [-0.2, -0.15) is 0 Å². The van der Waals surface area contributed by atoms with Crippen LogP contribution in [0, 0.1) is 5.92 Å². The molecule has 0 aromatic heterocycles. The summed E-state index contributed by atoms with van der Waals surface area (Å²) in [7, 11) is 2.21. The molecule has 0 N–H and O–H groups in total. The SMILES string of the molecule is CC(C)OCCCC1CCN(C)C1. The van der Waals surface area contributed by atoms with Crippen LogP contribution in [-0.4, -0.2) is 37.7 Å². The molecule has 1 rings (SSSR count). The van der Waals surface area contributed by atoms with E-state index in [-0.39, 0.29) is 0 Å². The third kappa shape index (κ3) is 4.63. The van der Waals surface area contributed by atoms with Gasteiger partial charge < -0.3 is 9.64 Å². The van der Waals surface area contributed by atoms with Crippen LogP contribution in [-0.2, 0) is 4.74 Å². The molecule has 1 atom stereocenters. The lowest BCUT2D eigenvalue weighted by Crippen LogP contribution is -2.14. The van der Waals surface area contributed by atoms with Crippen molar-refractivity contribution < 1.29 is 4.74 Å². The van der Waals surface area contributed by atoms with Crippen LogP contribution in [0.1, 0.15) is 33.1 Å². The second-order valence-electron chi connectivity index (χ2n) is 4.48. The Hall–Kier alpha value is -0.0800. The molecule has 1 heterocycles. The highest BCUT2D eigenvalue weighted by molar-refractivity contribution is 4.72. The van der Waals surface area contributed by atoms with Crippen LogP contribution in [0.5, 0.6) is 0 Å². The van der Waals surface area contributed by atoms with E-state index in [1.54, 1.807) is 0 Å². The van der Waals surface area contributed by atoms with Gasteiger partial charge in [-0.25, -0.2) is 0 Å². The molecule has 1 fully saturated rings. The van der Waals surface area contributed by atoms with Crippen molar-refractivity contribution in [3.05, 3.63) is 0 Å². The van der Waals surface area contributed by atoms with Gasteiger partial charge in [-0.3, -0.25) is 0 Å². The maximum atomic E-state index is 5.51. The van der Waals surface area contributed by atoms with Gasteiger partial charge in [0.25, 0.3) is 0 Å². The zero-order chi connectivity index (χ0) is 9.68. The fourth-order valence-corrected chi connectivity index (χ4v) is 1.95. The molecular formula is C11H23NO. The van der Waals surface area contributed by atoms with Crippen molar-refractivity contribution in [3.63, 3.8) is 0 Å². The molecule has 1 saturated heterocycles. The molecular weight excluding hydrogens is 162 g/mol. The van der Waals surface area contributed by atoms with Gasteiger partial charge in [0.1, 0.15) is 0 Å². The summed E-state index contributed by atoms with van der Waals surface area (Å²) >= 11 is 0. The Morgan fingerprint density at radius 1 is 1.46 bits per heavy atom. The van der Waals surface area contributed by atoms with E-state index >= 15 is 0 Å². The lowest BCUT2D eigenvalue weighted by molar-refractivity contribution is 0.0738. The summed E-state index contributed by atoms with van der Waals surface area (Å²) in [5.74, 6) is 0.931. The Bertz CT molecular complexity index is 136. The van der Waals surface area contributed by atoms with Gasteiger partial charge in [-0.05, 0) is 52.6 Å². The van der Waals surface area contributed by atoms with Gasteiger partial charge >= 0.3 is 0 Å². The highest BCUT2D eigenvalue weighted by Crippen LogP contribution is 2.19. The Balaban J connectivity index is 1.94. The molecule has 1 aliphatic heterocycles. The molecule has 0 saturated carbocycles. The molecule has 13 heavy (non-hydrogen) atoms. The van der Waals surface area contributed by atoms with Crippen molar-refractivity contribution >= 4 is 0 Å². The molecule has 0 radical (unpaired) electrons. The van der Waals surface area contributed by atoms with Gasteiger partial charge in [0.2, 0.25) is 0 Å². The highest BCUT2D eigenvalue weighted by Gasteiger charge is 2.18. The van der Waals surface area contributed by atoms with Crippen molar-refractivity contribution in [1.29, 1.82) is 0 Å². The van der Waals surface area contributed by atoms with Gasteiger partial charge in [-0.1, -0.05) is 0 Å². The minimum Gasteiger partial charge on any atom is -0.379 e. The van der Waals surface area contributed by atoms with Gasteiger partial charge in [0.05, 0.1) is 6.10 Å². The van der Waals surface area contributed by atoms with Crippen molar-refractivity contribution in [2.24, 2.45) is 5.92 Å². The fourth-order valence-electron chi connectivity index (χ4n) is 1.95. The van der Waals surface area contributed by atoms with Crippen LogP contribution in [0.4, 0.5) is 0 Å². The van der Waals surface area contributed by atoms with Crippen molar-refractivity contribution in [2.75, 3.05) is 26.7 Å². The molecule has 2 nitrogen and oxygen atoms in total. The number of hydrogen-bond acceptors (Lipinski definition) is 2.